The standard InChI is InChI=1S/C13H17N3O2/c1-8(14-10(3)17)12-6-7-13(16(12)5)9(2)15-11(4)18/h6-7H,1-5H3. The lowest BCUT2D eigenvalue weighted by Gasteiger charge is -2.06. The normalized spacial score (nSPS) is 12.7. The van der Waals surface area contributed by atoms with Gasteiger partial charge in [0.15, 0.2) is 0 Å². The Morgan fingerprint density at radius 3 is 1.50 bits per heavy atom. The van der Waals surface area contributed by atoms with E-state index >= 15 is 0 Å². The largest absolute Gasteiger partial charge is 0.342 e. The molecular formula is C13H17N3O2. The van der Waals surface area contributed by atoms with Gasteiger partial charge in [0.2, 0.25) is 11.8 Å². The molecule has 5 nitrogen and oxygen atoms in total. The average Bonchev–Trinajstić information content (AvgIpc) is 2.57. The van der Waals surface area contributed by atoms with E-state index in [1.165, 1.54) is 13.8 Å². The molecule has 0 saturated carbocycles. The summed E-state index contributed by atoms with van der Waals surface area (Å²) in [5.41, 5.74) is 2.95. The second-order valence-corrected chi connectivity index (χ2v) is 4.10. The first-order chi connectivity index (χ1) is 8.32. The first kappa shape index (κ1) is 14.0. The van der Waals surface area contributed by atoms with Crippen molar-refractivity contribution in [2.45, 2.75) is 27.7 Å². The molecule has 0 bridgehead atoms. The van der Waals surface area contributed by atoms with E-state index in [0.717, 1.165) is 11.4 Å². The molecule has 0 fully saturated rings. The van der Waals surface area contributed by atoms with Crippen LogP contribution in [-0.4, -0.2) is 27.8 Å². The fourth-order valence-electron chi connectivity index (χ4n) is 1.82. The molecule has 96 valence electrons. The first-order valence-corrected chi connectivity index (χ1v) is 5.61. The minimum absolute atomic E-state index is 0.232. The lowest BCUT2D eigenvalue weighted by Crippen LogP contribution is -2.10. The Kier molecular flexibility index (Phi) is 4.31. The summed E-state index contributed by atoms with van der Waals surface area (Å²) in [5, 5.41) is 0. The van der Waals surface area contributed by atoms with E-state index in [-0.39, 0.29) is 11.8 Å². The Bertz CT molecular complexity index is 503. The molecule has 1 aromatic rings. The van der Waals surface area contributed by atoms with Crippen LogP contribution in [0, 0.1) is 0 Å². The fraction of sp³-hybridized carbons (Fsp3) is 0.385. The number of aromatic nitrogens is 1. The number of hydrogen-bond acceptors (Lipinski definition) is 2. The molecule has 1 rings (SSSR count). The minimum Gasteiger partial charge on any atom is -0.342 e. The molecule has 0 aliphatic rings. The van der Waals surface area contributed by atoms with E-state index in [0.29, 0.717) is 11.4 Å². The Morgan fingerprint density at radius 2 is 1.22 bits per heavy atom. The number of rotatable bonds is 2. The highest BCUT2D eigenvalue weighted by molar-refractivity contribution is 6.07. The summed E-state index contributed by atoms with van der Waals surface area (Å²) in [5.74, 6) is -0.464. The van der Waals surface area contributed by atoms with Crippen molar-refractivity contribution in [1.82, 2.24) is 4.57 Å². The third-order valence-corrected chi connectivity index (χ3v) is 2.51. The number of amides is 2. The molecule has 0 aromatic carbocycles. The molecule has 2 amide bonds. The second kappa shape index (κ2) is 5.53. The Morgan fingerprint density at radius 1 is 0.889 bits per heavy atom. The van der Waals surface area contributed by atoms with Gasteiger partial charge >= 0.3 is 0 Å². The summed E-state index contributed by atoms with van der Waals surface area (Å²) in [4.78, 5) is 29.7. The van der Waals surface area contributed by atoms with E-state index in [4.69, 9.17) is 0 Å². The SMILES string of the molecule is CC(=O)N=C(C)c1ccc(C(C)=NC(C)=O)n1C. The summed E-state index contributed by atoms with van der Waals surface area (Å²) in [6, 6.07) is 3.71. The molecule has 0 aliphatic heterocycles. The molecule has 0 saturated heterocycles. The molecule has 0 aliphatic carbocycles. The van der Waals surface area contributed by atoms with Gasteiger partial charge in [0.25, 0.3) is 0 Å². The zero-order valence-electron chi connectivity index (χ0n) is 11.3. The second-order valence-electron chi connectivity index (χ2n) is 4.10. The van der Waals surface area contributed by atoms with E-state index in [1.54, 1.807) is 13.8 Å². The van der Waals surface area contributed by atoms with Gasteiger partial charge in [-0.3, -0.25) is 9.59 Å². The highest BCUT2D eigenvalue weighted by Crippen LogP contribution is 2.10. The lowest BCUT2D eigenvalue weighted by atomic mass is 10.3. The molecule has 18 heavy (non-hydrogen) atoms. The van der Waals surface area contributed by atoms with Gasteiger partial charge in [-0.15, -0.1) is 0 Å². The predicted octanol–water partition coefficient (Wildman–Crippen LogP) is 1.74. The monoisotopic (exact) mass is 247 g/mol. The van der Waals surface area contributed by atoms with Crippen LogP contribution >= 0.6 is 0 Å². The van der Waals surface area contributed by atoms with Crippen molar-refractivity contribution in [3.05, 3.63) is 23.5 Å². The van der Waals surface area contributed by atoms with E-state index < -0.39 is 0 Å². The van der Waals surface area contributed by atoms with Crippen LogP contribution in [0.4, 0.5) is 0 Å². The summed E-state index contributed by atoms with van der Waals surface area (Å²) in [7, 11) is 1.85. The van der Waals surface area contributed by atoms with E-state index in [9.17, 15) is 9.59 Å². The van der Waals surface area contributed by atoms with Crippen molar-refractivity contribution in [1.29, 1.82) is 0 Å². The van der Waals surface area contributed by atoms with Gasteiger partial charge in [-0.05, 0) is 26.0 Å². The maximum absolute atomic E-state index is 11.0. The Balaban J connectivity index is 3.20. The highest BCUT2D eigenvalue weighted by atomic mass is 16.1. The quantitative estimate of drug-likeness (QED) is 0.747. The molecule has 0 N–H and O–H groups in total. The van der Waals surface area contributed by atoms with Crippen LogP contribution in [0.3, 0.4) is 0 Å². The van der Waals surface area contributed by atoms with Crippen molar-refractivity contribution < 1.29 is 9.59 Å². The van der Waals surface area contributed by atoms with Crippen LogP contribution in [-0.2, 0) is 16.6 Å². The van der Waals surface area contributed by atoms with E-state index in [1.807, 2.05) is 23.7 Å². The number of aliphatic imine (C=N–C) groups is 2. The molecule has 1 heterocycles. The van der Waals surface area contributed by atoms with E-state index in [2.05, 4.69) is 9.98 Å². The maximum atomic E-state index is 11.0. The van der Waals surface area contributed by atoms with Crippen LogP contribution in [0.2, 0.25) is 0 Å². The van der Waals surface area contributed by atoms with Crippen molar-refractivity contribution in [2.75, 3.05) is 0 Å². The van der Waals surface area contributed by atoms with Gasteiger partial charge in [-0.25, -0.2) is 9.98 Å². The number of carbonyl (C=O) groups is 2. The average molecular weight is 247 g/mol. The van der Waals surface area contributed by atoms with Crippen molar-refractivity contribution in [2.24, 2.45) is 17.0 Å². The Hall–Kier alpha value is -2.04. The van der Waals surface area contributed by atoms with Gasteiger partial charge in [-0.1, -0.05) is 0 Å². The zero-order valence-corrected chi connectivity index (χ0v) is 11.3. The number of nitrogens with zero attached hydrogens (tertiary/aromatic N) is 3. The topological polar surface area (TPSA) is 63.8 Å². The summed E-state index contributed by atoms with van der Waals surface area (Å²) in [6.45, 7) is 6.38. The van der Waals surface area contributed by atoms with Crippen molar-refractivity contribution >= 4 is 23.2 Å². The zero-order chi connectivity index (χ0) is 13.9. The van der Waals surface area contributed by atoms with Gasteiger partial charge in [0.05, 0.1) is 22.8 Å². The smallest absolute Gasteiger partial charge is 0.242 e. The predicted molar refractivity (Wildman–Crippen MR) is 71.2 cm³/mol. The fourth-order valence-corrected chi connectivity index (χ4v) is 1.82. The lowest BCUT2D eigenvalue weighted by molar-refractivity contribution is -0.116. The van der Waals surface area contributed by atoms with Gasteiger partial charge in [0.1, 0.15) is 0 Å². The van der Waals surface area contributed by atoms with Crippen LogP contribution in [0.1, 0.15) is 39.1 Å². The van der Waals surface area contributed by atoms with Crippen LogP contribution in [0.25, 0.3) is 0 Å². The van der Waals surface area contributed by atoms with Crippen molar-refractivity contribution in [3.8, 4) is 0 Å². The molecule has 0 spiro atoms. The van der Waals surface area contributed by atoms with Gasteiger partial charge < -0.3 is 4.57 Å². The molecular weight excluding hydrogens is 230 g/mol. The van der Waals surface area contributed by atoms with Crippen LogP contribution in [0.15, 0.2) is 22.1 Å². The molecule has 1 aromatic heterocycles. The molecule has 0 atom stereocenters. The molecule has 0 unspecified atom stereocenters. The first-order valence-electron chi connectivity index (χ1n) is 5.61. The maximum Gasteiger partial charge on any atom is 0.242 e. The Labute approximate surface area is 106 Å². The third kappa shape index (κ3) is 3.23. The van der Waals surface area contributed by atoms with Crippen molar-refractivity contribution in [3.63, 3.8) is 0 Å². The number of carbonyl (C=O) groups excluding carboxylic acids is 2. The highest BCUT2D eigenvalue weighted by Gasteiger charge is 2.10. The van der Waals surface area contributed by atoms with Gasteiger partial charge in [0, 0.05) is 20.9 Å². The minimum atomic E-state index is -0.232. The summed E-state index contributed by atoms with van der Waals surface area (Å²) < 4.78 is 1.86. The van der Waals surface area contributed by atoms with Crippen LogP contribution < -0.4 is 0 Å². The summed E-state index contributed by atoms with van der Waals surface area (Å²) in [6.07, 6.45) is 0. The molecule has 5 heteroatoms. The number of hydrogen-bond donors (Lipinski definition) is 0. The summed E-state index contributed by atoms with van der Waals surface area (Å²) >= 11 is 0. The molecule has 0 radical (unpaired) electrons. The van der Waals surface area contributed by atoms with Gasteiger partial charge in [-0.2, -0.15) is 0 Å². The van der Waals surface area contributed by atoms with Crippen LogP contribution in [0.5, 0.6) is 0 Å². The third-order valence-electron chi connectivity index (χ3n) is 2.51.